The van der Waals surface area contributed by atoms with E-state index in [1.807, 2.05) is 91.0 Å². The maximum absolute atomic E-state index is 13.4. The lowest BCUT2D eigenvalue weighted by Crippen LogP contribution is -2.30. The molecule has 3 aromatic carbocycles. The first kappa shape index (κ1) is 15.9. The van der Waals surface area contributed by atoms with Crippen molar-refractivity contribution in [3.63, 3.8) is 0 Å². The second-order valence-electron chi connectivity index (χ2n) is 6.27. The molecule has 0 aromatic heterocycles. The predicted molar refractivity (Wildman–Crippen MR) is 102 cm³/mol. The molecule has 2 atom stereocenters. The molecule has 0 amide bonds. The van der Waals surface area contributed by atoms with E-state index < -0.39 is 10.0 Å². The highest BCUT2D eigenvalue weighted by molar-refractivity contribution is 7.94. The van der Waals surface area contributed by atoms with Gasteiger partial charge in [0.1, 0.15) is 0 Å². The first-order valence-electron chi connectivity index (χ1n) is 8.37. The fourth-order valence-electron chi connectivity index (χ4n) is 3.26. The molecule has 4 heteroatoms. The molecule has 0 aliphatic heterocycles. The maximum atomic E-state index is 13.4. The SMILES string of the molecule is O=S(=O)([C@@H]1C[C@H]1c1ccccc1)N(c1ccccc1)c1ccccc1. The Morgan fingerprint density at radius 2 is 1.12 bits per heavy atom. The minimum absolute atomic E-state index is 0.0705. The van der Waals surface area contributed by atoms with Gasteiger partial charge in [-0.1, -0.05) is 66.7 Å². The first-order chi connectivity index (χ1) is 12.2. The number of benzene rings is 3. The molecule has 0 saturated heterocycles. The Bertz CT molecular complexity index is 901. The molecule has 0 bridgehead atoms. The fourth-order valence-corrected chi connectivity index (χ4v) is 5.38. The Hall–Kier alpha value is -2.59. The fraction of sp³-hybridized carbons (Fsp3) is 0.143. The molecule has 1 fully saturated rings. The topological polar surface area (TPSA) is 37.4 Å². The minimum Gasteiger partial charge on any atom is -0.238 e. The second-order valence-corrected chi connectivity index (χ2v) is 8.27. The molecule has 1 saturated carbocycles. The Morgan fingerprint density at radius 3 is 1.60 bits per heavy atom. The monoisotopic (exact) mass is 349 g/mol. The van der Waals surface area contributed by atoms with Crippen LogP contribution in [0.15, 0.2) is 91.0 Å². The van der Waals surface area contributed by atoms with Crippen LogP contribution in [0.1, 0.15) is 17.9 Å². The largest absolute Gasteiger partial charge is 0.243 e. The molecule has 25 heavy (non-hydrogen) atoms. The van der Waals surface area contributed by atoms with E-state index in [2.05, 4.69) is 0 Å². The van der Waals surface area contributed by atoms with Crippen LogP contribution in [0, 0.1) is 0 Å². The van der Waals surface area contributed by atoms with Gasteiger partial charge < -0.3 is 0 Å². The zero-order valence-corrected chi connectivity index (χ0v) is 14.5. The van der Waals surface area contributed by atoms with Crippen molar-refractivity contribution in [3.05, 3.63) is 96.6 Å². The molecule has 126 valence electrons. The lowest BCUT2D eigenvalue weighted by atomic mass is 10.1. The standard InChI is InChI=1S/C21H19NO2S/c23-25(24,21-16-20(21)17-10-4-1-5-11-17)22(18-12-6-2-7-13-18)19-14-8-3-9-15-19/h1-15,20-21H,16H2/t20-,21+/m0/s1. The lowest BCUT2D eigenvalue weighted by Gasteiger charge is -2.25. The second kappa shape index (κ2) is 6.37. The summed E-state index contributed by atoms with van der Waals surface area (Å²) in [5, 5.41) is -0.379. The summed E-state index contributed by atoms with van der Waals surface area (Å²) in [6, 6.07) is 28.5. The van der Waals surface area contributed by atoms with Gasteiger partial charge in [-0.05, 0) is 36.2 Å². The molecule has 3 aromatic rings. The van der Waals surface area contributed by atoms with Crippen molar-refractivity contribution >= 4 is 21.4 Å². The molecule has 3 nitrogen and oxygen atoms in total. The zero-order valence-electron chi connectivity index (χ0n) is 13.7. The molecule has 0 N–H and O–H groups in total. The number of hydrogen-bond acceptors (Lipinski definition) is 2. The minimum atomic E-state index is -3.50. The van der Waals surface area contributed by atoms with Crippen LogP contribution in [-0.4, -0.2) is 13.7 Å². The van der Waals surface area contributed by atoms with E-state index in [0.29, 0.717) is 17.8 Å². The summed E-state index contributed by atoms with van der Waals surface area (Å²) in [6.07, 6.45) is 0.669. The third kappa shape index (κ3) is 3.05. The van der Waals surface area contributed by atoms with Crippen LogP contribution in [0.4, 0.5) is 11.4 Å². The average Bonchev–Trinajstić information content (AvgIpc) is 3.46. The van der Waals surface area contributed by atoms with Gasteiger partial charge in [0.05, 0.1) is 16.6 Å². The van der Waals surface area contributed by atoms with Gasteiger partial charge in [-0.15, -0.1) is 0 Å². The summed E-state index contributed by atoms with van der Waals surface area (Å²) in [4.78, 5) is 0. The van der Waals surface area contributed by atoms with Crippen LogP contribution < -0.4 is 4.31 Å². The highest BCUT2D eigenvalue weighted by Gasteiger charge is 2.51. The number of anilines is 2. The van der Waals surface area contributed by atoms with Crippen molar-refractivity contribution in [2.24, 2.45) is 0 Å². The molecular weight excluding hydrogens is 330 g/mol. The molecule has 1 aliphatic carbocycles. The van der Waals surface area contributed by atoms with Gasteiger partial charge in [-0.2, -0.15) is 0 Å². The van der Waals surface area contributed by atoms with Gasteiger partial charge in [0.25, 0.3) is 0 Å². The average molecular weight is 349 g/mol. The summed E-state index contributed by atoms with van der Waals surface area (Å²) in [7, 11) is -3.50. The number of nitrogens with zero attached hydrogens (tertiary/aromatic N) is 1. The number of para-hydroxylation sites is 2. The predicted octanol–water partition coefficient (Wildman–Crippen LogP) is 4.71. The van der Waals surface area contributed by atoms with Gasteiger partial charge in [0.2, 0.25) is 10.0 Å². The molecule has 0 heterocycles. The maximum Gasteiger partial charge on any atom is 0.243 e. The quantitative estimate of drug-likeness (QED) is 0.669. The van der Waals surface area contributed by atoms with Crippen molar-refractivity contribution in [1.82, 2.24) is 0 Å². The molecule has 0 radical (unpaired) electrons. The van der Waals surface area contributed by atoms with E-state index in [1.54, 1.807) is 0 Å². The van der Waals surface area contributed by atoms with Crippen molar-refractivity contribution in [3.8, 4) is 0 Å². The van der Waals surface area contributed by atoms with E-state index in [1.165, 1.54) is 4.31 Å². The Balaban J connectivity index is 1.73. The van der Waals surface area contributed by atoms with Crippen LogP contribution in [0.5, 0.6) is 0 Å². The van der Waals surface area contributed by atoms with E-state index in [-0.39, 0.29) is 11.2 Å². The number of sulfonamides is 1. The Kier molecular flexibility index (Phi) is 4.06. The molecular formula is C21H19NO2S. The van der Waals surface area contributed by atoms with Crippen molar-refractivity contribution in [1.29, 1.82) is 0 Å². The highest BCUT2D eigenvalue weighted by Crippen LogP contribution is 2.49. The van der Waals surface area contributed by atoms with Gasteiger partial charge in [0.15, 0.2) is 0 Å². The van der Waals surface area contributed by atoms with Gasteiger partial charge in [-0.3, -0.25) is 0 Å². The third-order valence-electron chi connectivity index (χ3n) is 4.58. The van der Waals surface area contributed by atoms with Crippen LogP contribution >= 0.6 is 0 Å². The zero-order chi connectivity index (χ0) is 17.3. The number of rotatable bonds is 5. The van der Waals surface area contributed by atoms with E-state index in [0.717, 1.165) is 5.56 Å². The Labute approximate surface area is 148 Å². The summed E-state index contributed by atoms with van der Waals surface area (Å²) < 4.78 is 28.3. The van der Waals surface area contributed by atoms with Gasteiger partial charge in [-0.25, -0.2) is 12.7 Å². The summed E-state index contributed by atoms with van der Waals surface area (Å²) in [5.41, 5.74) is 2.44. The van der Waals surface area contributed by atoms with Gasteiger partial charge in [0, 0.05) is 5.92 Å². The lowest BCUT2D eigenvalue weighted by molar-refractivity contribution is 0.594. The third-order valence-corrected chi connectivity index (χ3v) is 6.79. The first-order valence-corrected chi connectivity index (χ1v) is 9.87. The summed E-state index contributed by atoms with van der Waals surface area (Å²) >= 11 is 0. The van der Waals surface area contributed by atoms with E-state index in [4.69, 9.17) is 0 Å². The highest BCUT2D eigenvalue weighted by atomic mass is 32.2. The van der Waals surface area contributed by atoms with E-state index >= 15 is 0 Å². The molecule has 0 spiro atoms. The normalized spacial score (nSPS) is 19.4. The summed E-state index contributed by atoms with van der Waals surface area (Å²) in [6.45, 7) is 0. The van der Waals surface area contributed by atoms with E-state index in [9.17, 15) is 8.42 Å². The van der Waals surface area contributed by atoms with Crippen molar-refractivity contribution in [2.75, 3.05) is 4.31 Å². The Morgan fingerprint density at radius 1 is 0.680 bits per heavy atom. The van der Waals surface area contributed by atoms with Crippen LogP contribution in [0.2, 0.25) is 0 Å². The van der Waals surface area contributed by atoms with Crippen molar-refractivity contribution in [2.45, 2.75) is 17.6 Å². The van der Waals surface area contributed by atoms with Crippen LogP contribution in [0.25, 0.3) is 0 Å². The molecule has 1 aliphatic rings. The number of hydrogen-bond donors (Lipinski definition) is 0. The van der Waals surface area contributed by atoms with Crippen LogP contribution in [-0.2, 0) is 10.0 Å². The van der Waals surface area contributed by atoms with Crippen molar-refractivity contribution < 1.29 is 8.42 Å². The van der Waals surface area contributed by atoms with Crippen LogP contribution in [0.3, 0.4) is 0 Å². The summed E-state index contributed by atoms with van der Waals surface area (Å²) in [5.74, 6) is 0.0705. The van der Waals surface area contributed by atoms with Gasteiger partial charge >= 0.3 is 0 Å². The molecule has 0 unspecified atom stereocenters. The molecule has 4 rings (SSSR count). The smallest absolute Gasteiger partial charge is 0.238 e.